The van der Waals surface area contributed by atoms with Crippen LogP contribution >= 0.6 is 22.7 Å². The van der Waals surface area contributed by atoms with Crippen molar-refractivity contribution in [2.45, 2.75) is 90.3 Å². The minimum absolute atomic E-state index is 0.0208. The first-order valence-electron chi connectivity index (χ1n) is 13.5. The molecule has 0 aliphatic carbocycles. The van der Waals surface area contributed by atoms with Crippen LogP contribution in [0.3, 0.4) is 0 Å². The van der Waals surface area contributed by atoms with Gasteiger partial charge in [-0.25, -0.2) is 0 Å². The first-order chi connectivity index (χ1) is 25.6. The summed E-state index contributed by atoms with van der Waals surface area (Å²) in [4.78, 5) is 0. The van der Waals surface area contributed by atoms with Crippen molar-refractivity contribution in [2.24, 2.45) is 0 Å². The summed E-state index contributed by atoms with van der Waals surface area (Å²) in [6.45, 7) is -4.52. The summed E-state index contributed by atoms with van der Waals surface area (Å²) in [5, 5.41) is 3.97. The Balaban J connectivity index is 0.000000590. The standard InChI is InChI=1S/C13H7F15OS.C12H5F15OS/c1-5-2-30-3-6(5)29-4-7(14,15)8(16,17)9(18,19)10(20,21)11(22,23)12(24,25)13(26,27)28;13-6(14,4-28-5-1-2-29-3-5)7(15,16)8(17,18)9(19,20)10(21,22)11(23,24)12(25,26)27/h2-3H,4H2,1H3;1-3H,4H2. The van der Waals surface area contributed by atoms with Gasteiger partial charge in [0.25, 0.3) is 0 Å². The minimum Gasteiger partial charge on any atom is -0.486 e. The fourth-order valence-corrected chi connectivity index (χ4v) is 4.69. The zero-order chi connectivity index (χ0) is 47.5. The lowest BCUT2D eigenvalue weighted by Crippen LogP contribution is -2.73. The van der Waals surface area contributed by atoms with E-state index in [0.29, 0.717) is 11.3 Å². The maximum Gasteiger partial charge on any atom is 0.460 e. The fourth-order valence-electron chi connectivity index (χ4n) is 3.35. The summed E-state index contributed by atoms with van der Waals surface area (Å²) in [6.07, 6.45) is -15.2. The summed E-state index contributed by atoms with van der Waals surface area (Å²) >= 11 is 1.43. The Bertz CT molecular complexity index is 1690. The number of hydrogen-bond donors (Lipinski definition) is 0. The number of ether oxygens (including phenoxy) is 2. The summed E-state index contributed by atoms with van der Waals surface area (Å²) in [6, 6.07) is 0.809. The second kappa shape index (κ2) is 15.7. The van der Waals surface area contributed by atoms with Crippen LogP contribution in [0.25, 0.3) is 0 Å². The van der Waals surface area contributed by atoms with Crippen molar-refractivity contribution in [1.82, 2.24) is 0 Å². The minimum atomic E-state index is -8.29. The molecule has 0 unspecified atom stereocenters. The molecule has 0 aliphatic heterocycles. The zero-order valence-electron chi connectivity index (χ0n) is 26.8. The first-order valence-corrected chi connectivity index (χ1v) is 15.4. The van der Waals surface area contributed by atoms with Crippen LogP contribution in [0.4, 0.5) is 132 Å². The SMILES string of the molecule is Cc1cscc1OCC(F)(F)C(F)(F)C(F)(F)C(F)(F)C(F)(F)C(F)(F)C(F)(F)F.FC(F)(F)C(F)(F)C(F)(F)C(F)(F)C(F)(F)C(F)(F)C(F)(F)COc1ccsc1. The van der Waals surface area contributed by atoms with Gasteiger partial charge in [-0.05, 0) is 23.8 Å². The van der Waals surface area contributed by atoms with Gasteiger partial charge in [0.05, 0.1) is 0 Å². The van der Waals surface area contributed by atoms with E-state index in [-0.39, 0.29) is 5.56 Å². The highest BCUT2D eigenvalue weighted by Gasteiger charge is 2.95. The van der Waals surface area contributed by atoms with Crippen molar-refractivity contribution in [2.75, 3.05) is 13.2 Å². The van der Waals surface area contributed by atoms with Crippen LogP contribution in [-0.2, 0) is 0 Å². The Hall–Kier alpha value is -3.10. The summed E-state index contributed by atoms with van der Waals surface area (Å²) in [5.74, 6) is -94.4. The summed E-state index contributed by atoms with van der Waals surface area (Å²) in [5.41, 5.74) is -0.0208. The van der Waals surface area contributed by atoms with E-state index in [2.05, 4.69) is 9.47 Å². The number of rotatable bonds is 16. The molecule has 0 bridgehead atoms. The van der Waals surface area contributed by atoms with E-state index in [1.54, 1.807) is 0 Å². The third-order valence-corrected chi connectivity index (χ3v) is 8.42. The Morgan fingerprint density at radius 1 is 0.373 bits per heavy atom. The van der Waals surface area contributed by atoms with Crippen LogP contribution in [-0.4, -0.2) is 96.6 Å². The second-order valence-corrected chi connectivity index (χ2v) is 12.6. The Kier molecular flexibility index (Phi) is 14.3. The third-order valence-electron chi connectivity index (χ3n) is 6.92. The van der Waals surface area contributed by atoms with E-state index in [4.69, 9.17) is 0 Å². The summed E-state index contributed by atoms with van der Waals surface area (Å²) < 4.78 is 396. The molecule has 346 valence electrons. The number of alkyl halides is 30. The topological polar surface area (TPSA) is 18.5 Å². The van der Waals surface area contributed by atoms with Gasteiger partial charge in [0.2, 0.25) is 0 Å². The van der Waals surface area contributed by atoms with Crippen molar-refractivity contribution in [1.29, 1.82) is 0 Å². The molecule has 0 aliphatic rings. The smallest absolute Gasteiger partial charge is 0.460 e. The van der Waals surface area contributed by atoms with E-state index in [9.17, 15) is 132 Å². The van der Waals surface area contributed by atoms with Crippen LogP contribution in [0.2, 0.25) is 0 Å². The Morgan fingerprint density at radius 3 is 0.949 bits per heavy atom. The second-order valence-electron chi connectivity index (χ2n) is 11.1. The molecule has 0 radical (unpaired) electrons. The average molecular weight is 978 g/mol. The lowest BCUT2D eigenvalue weighted by atomic mass is 9.91. The highest BCUT2D eigenvalue weighted by Crippen LogP contribution is 2.64. The summed E-state index contributed by atoms with van der Waals surface area (Å²) in [7, 11) is 0. The maximum atomic E-state index is 13.5. The lowest BCUT2D eigenvalue weighted by Gasteiger charge is -2.41. The van der Waals surface area contributed by atoms with Gasteiger partial charge < -0.3 is 9.47 Å². The van der Waals surface area contributed by atoms with Crippen molar-refractivity contribution in [3.05, 3.63) is 33.2 Å². The maximum absolute atomic E-state index is 13.5. The molecular weight excluding hydrogens is 966 g/mol. The molecule has 0 saturated carbocycles. The van der Waals surface area contributed by atoms with Gasteiger partial charge in [-0.15, -0.1) is 22.7 Å². The van der Waals surface area contributed by atoms with Crippen molar-refractivity contribution >= 4 is 22.7 Å². The highest BCUT2D eigenvalue weighted by atomic mass is 32.1. The van der Waals surface area contributed by atoms with Crippen LogP contribution in [0.15, 0.2) is 27.6 Å². The monoisotopic (exact) mass is 978 g/mol. The number of thiophene rings is 2. The molecule has 2 nitrogen and oxygen atoms in total. The molecule has 59 heavy (non-hydrogen) atoms. The molecule has 0 amide bonds. The quantitative estimate of drug-likeness (QED) is 0.156. The molecule has 2 heterocycles. The van der Waals surface area contributed by atoms with E-state index < -0.39 is 108 Å². The molecule has 0 saturated heterocycles. The predicted octanol–water partition coefficient (Wildman–Crippen LogP) is 13.3. The molecule has 34 heteroatoms. The van der Waals surface area contributed by atoms with Crippen molar-refractivity contribution in [3.8, 4) is 11.5 Å². The molecule has 2 aromatic rings. The molecule has 0 N–H and O–H groups in total. The van der Waals surface area contributed by atoms with E-state index >= 15 is 0 Å². The number of hydrogen-bond acceptors (Lipinski definition) is 4. The zero-order valence-corrected chi connectivity index (χ0v) is 28.4. The van der Waals surface area contributed by atoms with Crippen molar-refractivity contribution < 1.29 is 141 Å². The Labute approximate surface area is 312 Å². The molecule has 2 aromatic heterocycles. The van der Waals surface area contributed by atoms with Gasteiger partial charge in [-0.1, -0.05) is 0 Å². The fraction of sp³-hybridized carbons (Fsp3) is 0.680. The molecule has 0 atom stereocenters. The van der Waals surface area contributed by atoms with Gasteiger partial charge in [-0.3, -0.25) is 0 Å². The average Bonchev–Trinajstić information content (AvgIpc) is 3.72. The van der Waals surface area contributed by atoms with Gasteiger partial charge in [0, 0.05) is 16.3 Å². The van der Waals surface area contributed by atoms with Gasteiger partial charge in [0.15, 0.2) is 13.2 Å². The van der Waals surface area contributed by atoms with Crippen LogP contribution in [0, 0.1) is 6.92 Å². The van der Waals surface area contributed by atoms with Crippen LogP contribution in [0.1, 0.15) is 5.56 Å². The van der Waals surface area contributed by atoms with Crippen LogP contribution < -0.4 is 9.47 Å². The predicted molar refractivity (Wildman–Crippen MR) is 136 cm³/mol. The first kappa shape index (κ1) is 53.9. The van der Waals surface area contributed by atoms with Gasteiger partial charge in [0.1, 0.15) is 11.5 Å². The van der Waals surface area contributed by atoms with E-state index in [1.165, 1.54) is 5.38 Å². The Morgan fingerprint density at radius 2 is 0.678 bits per heavy atom. The van der Waals surface area contributed by atoms with E-state index in [1.807, 2.05) is 0 Å². The van der Waals surface area contributed by atoms with E-state index in [0.717, 1.165) is 40.5 Å². The molecular formula is C25H12F30O2S2. The van der Waals surface area contributed by atoms with Crippen molar-refractivity contribution in [3.63, 3.8) is 0 Å². The molecule has 0 spiro atoms. The lowest BCUT2D eigenvalue weighted by molar-refractivity contribution is -0.453. The normalized spacial score (nSPS) is 15.5. The van der Waals surface area contributed by atoms with Gasteiger partial charge in [-0.2, -0.15) is 132 Å². The third kappa shape index (κ3) is 8.57. The number of halogens is 30. The molecule has 0 aromatic carbocycles. The molecule has 2 rings (SSSR count). The van der Waals surface area contributed by atoms with Gasteiger partial charge >= 0.3 is 83.4 Å². The highest BCUT2D eigenvalue weighted by molar-refractivity contribution is 7.08. The molecule has 0 fully saturated rings. The van der Waals surface area contributed by atoms with Crippen LogP contribution in [0.5, 0.6) is 11.5 Å². The number of aryl methyl sites for hydroxylation is 1. The largest absolute Gasteiger partial charge is 0.486 e.